The minimum Gasteiger partial charge on any atom is -0.481 e. The van der Waals surface area contributed by atoms with Crippen LogP contribution in [0.25, 0.3) is 0 Å². The number of carbonyl (C=O) groups excluding carboxylic acids is 1. The van der Waals surface area contributed by atoms with Crippen LogP contribution in [0, 0.1) is 5.92 Å². The number of rotatable bonds is 8. The third-order valence-electron chi connectivity index (χ3n) is 4.63. The fourth-order valence-electron chi connectivity index (χ4n) is 3.29. The quantitative estimate of drug-likeness (QED) is 0.622. The largest absolute Gasteiger partial charge is 0.481 e. The molecule has 2 rings (SSSR count). The van der Waals surface area contributed by atoms with E-state index in [1.807, 2.05) is 30.3 Å². The zero-order chi connectivity index (χ0) is 20.9. The molecule has 7 nitrogen and oxygen atoms in total. The van der Waals surface area contributed by atoms with E-state index in [0.717, 1.165) is 31.7 Å². The van der Waals surface area contributed by atoms with Gasteiger partial charge >= 0.3 is 0 Å². The number of amides is 1. The number of nitrogens with zero attached hydrogens (tertiary/aromatic N) is 1. The lowest BCUT2D eigenvalue weighted by atomic mass is 9.83. The molecule has 3 atom stereocenters. The molecule has 0 radical (unpaired) electrons. The first-order valence-electron chi connectivity index (χ1n) is 9.89. The average Bonchev–Trinajstić information content (AvgIpc) is 2.67. The Bertz CT molecular complexity index is 577. The number of carbonyl (C=O) groups is 2. The highest BCUT2D eigenvalue weighted by Crippen LogP contribution is 2.28. The van der Waals surface area contributed by atoms with Crippen molar-refractivity contribution in [3.05, 3.63) is 35.9 Å². The summed E-state index contributed by atoms with van der Waals surface area (Å²) in [5.74, 6) is -0.799. The second-order valence-electron chi connectivity index (χ2n) is 7.07. The predicted molar refractivity (Wildman–Crippen MR) is 108 cm³/mol. The zero-order valence-corrected chi connectivity index (χ0v) is 16.9. The minimum atomic E-state index is -0.833. The van der Waals surface area contributed by atoms with Crippen molar-refractivity contribution in [1.29, 1.82) is 0 Å². The van der Waals surface area contributed by atoms with Crippen molar-refractivity contribution in [3.8, 4) is 0 Å². The molecule has 1 aliphatic rings. The Morgan fingerprint density at radius 3 is 2.46 bits per heavy atom. The van der Waals surface area contributed by atoms with Crippen molar-refractivity contribution >= 4 is 11.9 Å². The first-order chi connectivity index (χ1) is 13.4. The molecule has 7 heteroatoms. The molecule has 1 aliphatic carbocycles. The first-order valence-corrected chi connectivity index (χ1v) is 9.89. The summed E-state index contributed by atoms with van der Waals surface area (Å²) in [6, 6.07) is 9.90. The van der Waals surface area contributed by atoms with Crippen molar-refractivity contribution in [2.75, 3.05) is 19.8 Å². The van der Waals surface area contributed by atoms with Crippen LogP contribution in [0.2, 0.25) is 0 Å². The lowest BCUT2D eigenvalue weighted by molar-refractivity contribution is -0.140. The highest BCUT2D eigenvalue weighted by atomic mass is 16.5. The van der Waals surface area contributed by atoms with Crippen molar-refractivity contribution in [1.82, 2.24) is 4.90 Å². The van der Waals surface area contributed by atoms with Crippen molar-refractivity contribution < 1.29 is 24.5 Å². The van der Waals surface area contributed by atoms with Crippen LogP contribution >= 0.6 is 0 Å². The summed E-state index contributed by atoms with van der Waals surface area (Å²) in [4.78, 5) is 23.7. The van der Waals surface area contributed by atoms with Gasteiger partial charge in [0.15, 0.2) is 0 Å². The van der Waals surface area contributed by atoms with Gasteiger partial charge < -0.3 is 25.6 Å². The monoisotopic (exact) mass is 394 g/mol. The maximum atomic E-state index is 12.9. The van der Waals surface area contributed by atoms with Crippen LogP contribution in [0.5, 0.6) is 0 Å². The Labute approximate surface area is 167 Å². The summed E-state index contributed by atoms with van der Waals surface area (Å²) in [5, 5.41) is 16.8. The number of carboxylic acid groups (broad SMARTS) is 1. The van der Waals surface area contributed by atoms with Gasteiger partial charge in [-0.2, -0.15) is 0 Å². The van der Waals surface area contributed by atoms with E-state index in [0.29, 0.717) is 26.1 Å². The van der Waals surface area contributed by atoms with Gasteiger partial charge in [-0.25, -0.2) is 0 Å². The fraction of sp³-hybridized carbons (Fsp3) is 0.619. The predicted octanol–water partition coefficient (Wildman–Crippen LogP) is 2.02. The summed E-state index contributed by atoms with van der Waals surface area (Å²) in [5.41, 5.74) is 7.23. The molecule has 0 saturated heterocycles. The van der Waals surface area contributed by atoms with Crippen LogP contribution < -0.4 is 5.73 Å². The molecule has 0 aliphatic heterocycles. The van der Waals surface area contributed by atoms with E-state index in [2.05, 4.69) is 6.92 Å². The molecule has 0 heterocycles. The van der Waals surface area contributed by atoms with Crippen LogP contribution in [0.1, 0.15) is 45.1 Å². The normalized spacial score (nSPS) is 21.4. The summed E-state index contributed by atoms with van der Waals surface area (Å²) in [7, 11) is 0. The standard InChI is InChI=1S/C19H30N2O3.C2H4O2/c1-2-12-24-18-13-16(8-9-17(18)20)19(23)21(10-11-22)14-15-6-4-3-5-7-15;1-2(3)4/h3-7,16-18,22H,2,8-14,20H2,1H3;1H3,(H,3,4)/t16-,17+,18+;/m0./s1. The maximum Gasteiger partial charge on any atom is 0.300 e. The number of benzene rings is 1. The molecule has 1 fully saturated rings. The summed E-state index contributed by atoms with van der Waals surface area (Å²) >= 11 is 0. The summed E-state index contributed by atoms with van der Waals surface area (Å²) in [6.07, 6.45) is 3.19. The molecule has 0 unspecified atom stereocenters. The van der Waals surface area contributed by atoms with E-state index in [1.54, 1.807) is 4.90 Å². The zero-order valence-electron chi connectivity index (χ0n) is 16.9. The Balaban J connectivity index is 0.000000892. The van der Waals surface area contributed by atoms with E-state index in [1.165, 1.54) is 0 Å². The SMILES string of the molecule is CC(=O)O.CCCO[C@@H]1C[C@@H](C(=O)N(CCO)Cc2ccccc2)CC[C@H]1N. The maximum absolute atomic E-state index is 12.9. The molecule has 1 amide bonds. The Hall–Kier alpha value is -1.96. The highest BCUT2D eigenvalue weighted by Gasteiger charge is 2.34. The Kier molecular flexibility index (Phi) is 11.4. The van der Waals surface area contributed by atoms with Crippen LogP contribution in [-0.2, 0) is 20.9 Å². The van der Waals surface area contributed by atoms with Gasteiger partial charge in [0.05, 0.1) is 12.7 Å². The van der Waals surface area contributed by atoms with Gasteiger partial charge in [0, 0.05) is 38.6 Å². The number of nitrogens with two attached hydrogens (primary N) is 1. The molecule has 0 aromatic heterocycles. The number of aliphatic carboxylic acids is 1. The van der Waals surface area contributed by atoms with Crippen molar-refractivity contribution in [3.63, 3.8) is 0 Å². The van der Waals surface area contributed by atoms with Crippen molar-refractivity contribution in [2.45, 2.75) is 58.2 Å². The lowest BCUT2D eigenvalue weighted by Crippen LogP contribution is -2.47. The molecule has 4 N–H and O–H groups in total. The third kappa shape index (κ3) is 8.82. The van der Waals surface area contributed by atoms with Gasteiger partial charge in [-0.1, -0.05) is 37.3 Å². The molecule has 1 saturated carbocycles. The van der Waals surface area contributed by atoms with Gasteiger partial charge in [0.1, 0.15) is 0 Å². The smallest absolute Gasteiger partial charge is 0.300 e. The van der Waals surface area contributed by atoms with E-state index in [4.69, 9.17) is 20.4 Å². The molecule has 158 valence electrons. The molecule has 28 heavy (non-hydrogen) atoms. The van der Waals surface area contributed by atoms with Gasteiger partial charge in [-0.05, 0) is 31.2 Å². The third-order valence-corrected chi connectivity index (χ3v) is 4.63. The molecule has 0 bridgehead atoms. The molecular formula is C21H34N2O5. The van der Waals surface area contributed by atoms with Gasteiger partial charge in [-0.3, -0.25) is 9.59 Å². The van der Waals surface area contributed by atoms with Crippen LogP contribution in [0.3, 0.4) is 0 Å². The van der Waals surface area contributed by atoms with Crippen LogP contribution in [-0.4, -0.2) is 58.9 Å². The van der Waals surface area contributed by atoms with E-state index in [9.17, 15) is 9.90 Å². The first kappa shape index (κ1) is 24.1. The molecule has 1 aromatic carbocycles. The summed E-state index contributed by atoms with van der Waals surface area (Å²) < 4.78 is 5.84. The average molecular weight is 395 g/mol. The number of ether oxygens (including phenoxy) is 1. The fourth-order valence-corrected chi connectivity index (χ4v) is 3.29. The molecule has 1 aromatic rings. The molecule has 0 spiro atoms. The second-order valence-corrected chi connectivity index (χ2v) is 7.07. The van der Waals surface area contributed by atoms with Crippen LogP contribution in [0.4, 0.5) is 0 Å². The van der Waals surface area contributed by atoms with E-state index in [-0.39, 0.29) is 30.6 Å². The number of aliphatic hydroxyl groups excluding tert-OH is 1. The number of hydrogen-bond donors (Lipinski definition) is 3. The molecular weight excluding hydrogens is 360 g/mol. The van der Waals surface area contributed by atoms with Gasteiger partial charge in [0.2, 0.25) is 5.91 Å². The summed E-state index contributed by atoms with van der Waals surface area (Å²) in [6.45, 7) is 4.70. The number of hydrogen-bond acceptors (Lipinski definition) is 5. The van der Waals surface area contributed by atoms with Gasteiger partial charge in [0.25, 0.3) is 5.97 Å². The lowest BCUT2D eigenvalue weighted by Gasteiger charge is -2.35. The Morgan fingerprint density at radius 1 is 1.25 bits per heavy atom. The van der Waals surface area contributed by atoms with E-state index < -0.39 is 5.97 Å². The van der Waals surface area contributed by atoms with Gasteiger partial charge in [-0.15, -0.1) is 0 Å². The van der Waals surface area contributed by atoms with E-state index >= 15 is 0 Å². The van der Waals surface area contributed by atoms with Crippen molar-refractivity contribution in [2.24, 2.45) is 11.7 Å². The topological polar surface area (TPSA) is 113 Å². The second kappa shape index (κ2) is 13.3. The van der Waals surface area contributed by atoms with Crippen LogP contribution in [0.15, 0.2) is 30.3 Å². The number of carboxylic acids is 1. The highest BCUT2D eigenvalue weighted by molar-refractivity contribution is 5.79. The Morgan fingerprint density at radius 2 is 1.89 bits per heavy atom. The number of aliphatic hydroxyl groups is 1. The minimum absolute atomic E-state index is 0.0148.